The molecule has 1 aromatic heterocycles. The van der Waals surface area contributed by atoms with Crippen molar-refractivity contribution >= 4 is 5.96 Å². The van der Waals surface area contributed by atoms with E-state index in [9.17, 15) is 0 Å². The van der Waals surface area contributed by atoms with E-state index in [1.807, 2.05) is 12.1 Å². The summed E-state index contributed by atoms with van der Waals surface area (Å²) < 4.78 is 11.1. The van der Waals surface area contributed by atoms with Crippen LogP contribution in [0.3, 0.4) is 0 Å². The van der Waals surface area contributed by atoms with Crippen LogP contribution in [0, 0.1) is 0 Å². The van der Waals surface area contributed by atoms with E-state index in [4.69, 9.17) is 9.47 Å². The van der Waals surface area contributed by atoms with Crippen LogP contribution in [0.15, 0.2) is 23.3 Å². The van der Waals surface area contributed by atoms with Gasteiger partial charge in [-0.3, -0.25) is 0 Å². The van der Waals surface area contributed by atoms with Crippen LogP contribution in [0.1, 0.15) is 51.0 Å². The zero-order valence-corrected chi connectivity index (χ0v) is 15.6. The first kappa shape index (κ1) is 19.5. The van der Waals surface area contributed by atoms with Gasteiger partial charge in [0.15, 0.2) is 5.96 Å². The molecule has 0 saturated heterocycles. The van der Waals surface area contributed by atoms with E-state index in [2.05, 4.69) is 27.5 Å². The fourth-order valence-electron chi connectivity index (χ4n) is 2.94. The maximum absolute atomic E-state index is 6.01. The molecule has 1 aliphatic carbocycles. The maximum atomic E-state index is 6.01. The molecule has 1 fully saturated rings. The molecule has 0 aliphatic heterocycles. The van der Waals surface area contributed by atoms with E-state index in [1.165, 1.54) is 38.5 Å². The van der Waals surface area contributed by atoms with Crippen LogP contribution in [0.2, 0.25) is 0 Å². The molecular weight excluding hydrogens is 316 g/mol. The minimum absolute atomic E-state index is 0.439. The summed E-state index contributed by atoms with van der Waals surface area (Å²) in [7, 11) is 1.62. The van der Waals surface area contributed by atoms with Gasteiger partial charge >= 0.3 is 0 Å². The number of aliphatic imine (C=N–C) groups is 1. The Labute approximate surface area is 151 Å². The molecule has 1 heterocycles. The lowest BCUT2D eigenvalue weighted by Crippen LogP contribution is -2.39. The summed E-state index contributed by atoms with van der Waals surface area (Å²) in [4.78, 5) is 8.80. The number of guanidine groups is 1. The molecule has 6 nitrogen and oxygen atoms in total. The molecular formula is C19H32N4O2. The second kappa shape index (κ2) is 11.7. The number of ether oxygens (including phenoxy) is 2. The first-order chi connectivity index (χ1) is 12.3. The average Bonchev–Trinajstić information content (AvgIpc) is 2.92. The molecule has 0 aromatic carbocycles. The van der Waals surface area contributed by atoms with Gasteiger partial charge in [-0.15, -0.1) is 0 Å². The topological polar surface area (TPSA) is 67.8 Å². The van der Waals surface area contributed by atoms with Crippen LogP contribution in [0.5, 0.6) is 5.88 Å². The highest BCUT2D eigenvalue weighted by atomic mass is 16.5. The molecule has 25 heavy (non-hydrogen) atoms. The fraction of sp³-hybridized carbons (Fsp3) is 0.684. The number of rotatable bonds is 8. The SMILES string of the molecule is CCNC(=NCc1ccc(OC)nc1)NCCOC1CCCCCC1. The predicted molar refractivity (Wildman–Crippen MR) is 101 cm³/mol. The van der Waals surface area contributed by atoms with Crippen molar-refractivity contribution < 1.29 is 9.47 Å². The summed E-state index contributed by atoms with van der Waals surface area (Å²) in [5.74, 6) is 1.43. The minimum atomic E-state index is 0.439. The Morgan fingerprint density at radius 3 is 2.64 bits per heavy atom. The number of hydrogen-bond acceptors (Lipinski definition) is 4. The molecule has 2 N–H and O–H groups in total. The van der Waals surface area contributed by atoms with E-state index in [0.717, 1.165) is 31.2 Å². The van der Waals surface area contributed by atoms with Gasteiger partial charge in [0.2, 0.25) is 5.88 Å². The Morgan fingerprint density at radius 2 is 2.00 bits per heavy atom. The van der Waals surface area contributed by atoms with Gasteiger partial charge in [-0.1, -0.05) is 31.7 Å². The molecule has 0 atom stereocenters. The van der Waals surface area contributed by atoms with Crippen LogP contribution in [-0.2, 0) is 11.3 Å². The van der Waals surface area contributed by atoms with Crippen molar-refractivity contribution in [1.82, 2.24) is 15.6 Å². The molecule has 140 valence electrons. The summed E-state index contributed by atoms with van der Waals surface area (Å²) in [6, 6.07) is 3.83. The number of pyridine rings is 1. The molecule has 0 spiro atoms. The third kappa shape index (κ3) is 7.73. The highest BCUT2D eigenvalue weighted by Crippen LogP contribution is 2.19. The first-order valence-electron chi connectivity index (χ1n) is 9.44. The number of nitrogens with zero attached hydrogens (tertiary/aromatic N) is 2. The Bertz CT molecular complexity index is 497. The van der Waals surface area contributed by atoms with Gasteiger partial charge < -0.3 is 20.1 Å². The molecule has 0 radical (unpaired) electrons. The van der Waals surface area contributed by atoms with Crippen molar-refractivity contribution in [2.75, 3.05) is 26.8 Å². The van der Waals surface area contributed by atoms with Crippen LogP contribution < -0.4 is 15.4 Å². The summed E-state index contributed by atoms with van der Waals surface area (Å²) >= 11 is 0. The quantitative estimate of drug-likeness (QED) is 0.327. The zero-order valence-electron chi connectivity index (χ0n) is 15.6. The van der Waals surface area contributed by atoms with E-state index in [0.29, 0.717) is 18.5 Å². The lowest BCUT2D eigenvalue weighted by atomic mass is 10.1. The summed E-state index contributed by atoms with van der Waals surface area (Å²) in [6.07, 6.45) is 9.97. The van der Waals surface area contributed by atoms with Gasteiger partial charge in [-0.2, -0.15) is 0 Å². The smallest absolute Gasteiger partial charge is 0.212 e. The third-order valence-corrected chi connectivity index (χ3v) is 4.32. The van der Waals surface area contributed by atoms with Crippen molar-refractivity contribution in [3.63, 3.8) is 0 Å². The van der Waals surface area contributed by atoms with Crippen LogP contribution in [0.25, 0.3) is 0 Å². The lowest BCUT2D eigenvalue weighted by molar-refractivity contribution is 0.0468. The second-order valence-corrected chi connectivity index (χ2v) is 6.32. The summed E-state index contributed by atoms with van der Waals surface area (Å²) in [5, 5.41) is 6.60. The molecule has 1 aromatic rings. The number of hydrogen-bond donors (Lipinski definition) is 2. The molecule has 0 amide bonds. The number of nitrogens with one attached hydrogen (secondary N) is 2. The largest absolute Gasteiger partial charge is 0.481 e. The minimum Gasteiger partial charge on any atom is -0.481 e. The maximum Gasteiger partial charge on any atom is 0.212 e. The molecule has 1 aliphatic rings. The number of methoxy groups -OCH3 is 1. The van der Waals surface area contributed by atoms with Crippen LogP contribution >= 0.6 is 0 Å². The molecule has 2 rings (SSSR count). The summed E-state index contributed by atoms with van der Waals surface area (Å²) in [5.41, 5.74) is 1.05. The Morgan fingerprint density at radius 1 is 1.20 bits per heavy atom. The van der Waals surface area contributed by atoms with Crippen LogP contribution in [-0.4, -0.2) is 43.9 Å². The predicted octanol–water partition coefficient (Wildman–Crippen LogP) is 2.88. The Kier molecular flexibility index (Phi) is 9.12. The van der Waals surface area contributed by atoms with E-state index >= 15 is 0 Å². The van der Waals surface area contributed by atoms with E-state index in [1.54, 1.807) is 13.3 Å². The highest BCUT2D eigenvalue weighted by Gasteiger charge is 2.12. The van der Waals surface area contributed by atoms with Gasteiger partial charge in [0.25, 0.3) is 0 Å². The fourth-order valence-corrected chi connectivity index (χ4v) is 2.94. The van der Waals surface area contributed by atoms with Gasteiger partial charge in [0, 0.05) is 25.4 Å². The molecule has 1 saturated carbocycles. The number of aromatic nitrogens is 1. The molecule has 0 bridgehead atoms. The average molecular weight is 348 g/mol. The zero-order chi connectivity index (χ0) is 17.7. The van der Waals surface area contributed by atoms with Crippen molar-refractivity contribution in [3.8, 4) is 5.88 Å². The van der Waals surface area contributed by atoms with Gasteiger partial charge in [-0.05, 0) is 25.3 Å². The van der Waals surface area contributed by atoms with Gasteiger partial charge in [0.1, 0.15) is 0 Å². The van der Waals surface area contributed by atoms with Gasteiger partial charge in [0.05, 0.1) is 26.4 Å². The molecule has 0 unspecified atom stereocenters. The van der Waals surface area contributed by atoms with E-state index < -0.39 is 0 Å². The van der Waals surface area contributed by atoms with E-state index in [-0.39, 0.29) is 0 Å². The highest BCUT2D eigenvalue weighted by molar-refractivity contribution is 5.79. The lowest BCUT2D eigenvalue weighted by Gasteiger charge is -2.16. The Hall–Kier alpha value is -1.82. The monoisotopic (exact) mass is 348 g/mol. The van der Waals surface area contributed by atoms with Crippen molar-refractivity contribution in [2.24, 2.45) is 4.99 Å². The normalized spacial score (nSPS) is 16.3. The summed E-state index contributed by atoms with van der Waals surface area (Å²) in [6.45, 7) is 4.96. The standard InChI is InChI=1S/C19H32N4O2/c1-3-20-19(23-15-16-10-11-18(24-2)22-14-16)21-12-13-25-17-8-6-4-5-7-9-17/h10-11,14,17H,3-9,12-13,15H2,1-2H3,(H2,20,21,23). The van der Waals surface area contributed by atoms with Crippen molar-refractivity contribution in [3.05, 3.63) is 23.9 Å². The van der Waals surface area contributed by atoms with Crippen LogP contribution in [0.4, 0.5) is 0 Å². The second-order valence-electron chi connectivity index (χ2n) is 6.32. The van der Waals surface area contributed by atoms with Crippen molar-refractivity contribution in [2.45, 2.75) is 58.1 Å². The first-order valence-corrected chi connectivity index (χ1v) is 9.44. The Balaban J connectivity index is 1.72. The van der Waals surface area contributed by atoms with Crippen molar-refractivity contribution in [1.29, 1.82) is 0 Å². The van der Waals surface area contributed by atoms with Gasteiger partial charge in [-0.25, -0.2) is 9.98 Å². The third-order valence-electron chi connectivity index (χ3n) is 4.32. The molecule has 6 heteroatoms.